The van der Waals surface area contributed by atoms with Crippen molar-refractivity contribution >= 4 is 46.2 Å². The van der Waals surface area contributed by atoms with E-state index in [0.29, 0.717) is 21.5 Å². The molecule has 0 radical (unpaired) electrons. The van der Waals surface area contributed by atoms with Crippen LogP contribution in [-0.2, 0) is 0 Å². The van der Waals surface area contributed by atoms with Crippen molar-refractivity contribution in [1.82, 2.24) is 0 Å². The molecule has 27 heavy (non-hydrogen) atoms. The summed E-state index contributed by atoms with van der Waals surface area (Å²) in [7, 11) is 0. The van der Waals surface area contributed by atoms with Crippen LogP contribution in [0.2, 0.25) is 15.1 Å². The van der Waals surface area contributed by atoms with Gasteiger partial charge in [0.2, 0.25) is 0 Å². The molecule has 1 aliphatic rings. The Hall–Kier alpha value is -2.07. The summed E-state index contributed by atoms with van der Waals surface area (Å²) in [5.41, 5.74) is 3.60. The van der Waals surface area contributed by atoms with Crippen LogP contribution in [0.5, 0.6) is 0 Å². The SMILES string of the molecule is Fc1ccc(C2CC(c3ccc(Cl)cc3)=NN2c2ccc(Cl)cc2Cl)cc1. The largest absolute Gasteiger partial charge is 0.256 e. The molecule has 1 unspecified atom stereocenters. The molecule has 0 spiro atoms. The van der Waals surface area contributed by atoms with E-state index in [1.807, 2.05) is 35.3 Å². The van der Waals surface area contributed by atoms with Crippen molar-refractivity contribution < 1.29 is 4.39 Å². The molecule has 0 aliphatic carbocycles. The van der Waals surface area contributed by atoms with Crippen LogP contribution in [-0.4, -0.2) is 5.71 Å². The molecular weight excluding hydrogens is 406 g/mol. The molecule has 0 saturated carbocycles. The van der Waals surface area contributed by atoms with Crippen LogP contribution in [0.3, 0.4) is 0 Å². The lowest BCUT2D eigenvalue weighted by Crippen LogP contribution is -2.18. The van der Waals surface area contributed by atoms with E-state index in [1.54, 1.807) is 24.3 Å². The third-order valence-corrected chi connectivity index (χ3v) is 5.29. The zero-order chi connectivity index (χ0) is 19.0. The van der Waals surface area contributed by atoms with E-state index in [0.717, 1.165) is 22.5 Å². The number of anilines is 1. The van der Waals surface area contributed by atoms with E-state index in [9.17, 15) is 4.39 Å². The smallest absolute Gasteiger partial charge is 0.123 e. The fourth-order valence-corrected chi connectivity index (χ4v) is 3.78. The molecule has 3 aromatic carbocycles. The van der Waals surface area contributed by atoms with Crippen molar-refractivity contribution in [2.24, 2.45) is 5.10 Å². The molecule has 0 amide bonds. The predicted molar refractivity (Wildman–Crippen MR) is 111 cm³/mol. The standard InChI is InChI=1S/C21H14Cl3FN2/c22-15-5-1-13(2-6-15)19-12-21(14-3-8-17(25)9-4-14)27(26-19)20-10-7-16(23)11-18(20)24/h1-11,21H,12H2. The first kappa shape index (κ1) is 18.3. The van der Waals surface area contributed by atoms with Gasteiger partial charge in [-0.2, -0.15) is 5.10 Å². The minimum absolute atomic E-state index is 0.102. The Bertz CT molecular complexity index is 1000. The van der Waals surface area contributed by atoms with Gasteiger partial charge in [0.15, 0.2) is 0 Å². The van der Waals surface area contributed by atoms with E-state index >= 15 is 0 Å². The Morgan fingerprint density at radius 3 is 2.19 bits per heavy atom. The van der Waals surface area contributed by atoms with Gasteiger partial charge in [-0.15, -0.1) is 0 Å². The second-order valence-corrected chi connectivity index (χ2v) is 7.55. The number of halogens is 4. The molecule has 0 fully saturated rings. The third-order valence-electron chi connectivity index (χ3n) is 4.50. The molecule has 3 aromatic rings. The van der Waals surface area contributed by atoms with Gasteiger partial charge in [0.05, 0.1) is 22.5 Å². The van der Waals surface area contributed by atoms with Crippen LogP contribution in [0.15, 0.2) is 71.8 Å². The van der Waals surface area contributed by atoms with E-state index in [2.05, 4.69) is 0 Å². The minimum atomic E-state index is -0.272. The zero-order valence-corrected chi connectivity index (χ0v) is 16.3. The number of rotatable bonds is 3. The van der Waals surface area contributed by atoms with Crippen LogP contribution < -0.4 is 5.01 Å². The van der Waals surface area contributed by atoms with E-state index in [4.69, 9.17) is 39.9 Å². The van der Waals surface area contributed by atoms with E-state index in [-0.39, 0.29) is 11.9 Å². The molecule has 136 valence electrons. The Labute approximate surface area is 171 Å². The van der Waals surface area contributed by atoms with Crippen molar-refractivity contribution in [3.8, 4) is 0 Å². The average Bonchev–Trinajstić information content (AvgIpc) is 3.08. The Morgan fingerprint density at radius 2 is 1.52 bits per heavy atom. The van der Waals surface area contributed by atoms with Crippen molar-refractivity contribution in [3.05, 3.63) is 98.7 Å². The number of hydrogen-bond donors (Lipinski definition) is 0. The first-order chi connectivity index (χ1) is 13.0. The summed E-state index contributed by atoms with van der Waals surface area (Å²) in [6.45, 7) is 0. The number of hydrogen-bond acceptors (Lipinski definition) is 2. The molecule has 6 heteroatoms. The maximum atomic E-state index is 13.4. The Kier molecular flexibility index (Phi) is 5.09. The van der Waals surface area contributed by atoms with Gasteiger partial charge in [-0.1, -0.05) is 59.1 Å². The van der Waals surface area contributed by atoms with Crippen molar-refractivity contribution in [1.29, 1.82) is 0 Å². The number of hydrazone groups is 1. The lowest BCUT2D eigenvalue weighted by molar-refractivity contribution is 0.624. The summed E-state index contributed by atoms with van der Waals surface area (Å²) >= 11 is 18.5. The van der Waals surface area contributed by atoms with Gasteiger partial charge >= 0.3 is 0 Å². The molecular formula is C21H14Cl3FN2. The normalized spacial score (nSPS) is 16.5. The monoisotopic (exact) mass is 418 g/mol. The maximum Gasteiger partial charge on any atom is 0.123 e. The summed E-state index contributed by atoms with van der Waals surface area (Å²) < 4.78 is 13.4. The Morgan fingerprint density at radius 1 is 0.852 bits per heavy atom. The summed E-state index contributed by atoms with van der Waals surface area (Å²) in [4.78, 5) is 0. The quantitative estimate of drug-likeness (QED) is 0.440. The lowest BCUT2D eigenvalue weighted by Gasteiger charge is -2.25. The molecule has 1 atom stereocenters. The minimum Gasteiger partial charge on any atom is -0.256 e. The van der Waals surface area contributed by atoms with Gasteiger partial charge in [0.25, 0.3) is 0 Å². The molecule has 0 bridgehead atoms. The number of benzene rings is 3. The maximum absolute atomic E-state index is 13.4. The first-order valence-corrected chi connectivity index (χ1v) is 9.48. The van der Waals surface area contributed by atoms with Crippen LogP contribution in [0.25, 0.3) is 0 Å². The number of nitrogens with zero attached hydrogens (tertiary/aromatic N) is 2. The van der Waals surface area contributed by atoms with Gasteiger partial charge in [-0.05, 0) is 53.6 Å². The summed E-state index contributed by atoms with van der Waals surface area (Å²) in [6, 6.07) is 19.2. The average molecular weight is 420 g/mol. The van der Waals surface area contributed by atoms with Gasteiger partial charge in [-0.3, -0.25) is 5.01 Å². The molecule has 4 rings (SSSR count). The van der Waals surface area contributed by atoms with Crippen LogP contribution in [0.4, 0.5) is 10.1 Å². The van der Waals surface area contributed by atoms with Crippen molar-refractivity contribution in [2.75, 3.05) is 5.01 Å². The van der Waals surface area contributed by atoms with Gasteiger partial charge in [0.1, 0.15) is 5.82 Å². The fourth-order valence-electron chi connectivity index (χ4n) is 3.16. The molecule has 2 nitrogen and oxygen atoms in total. The zero-order valence-electron chi connectivity index (χ0n) is 14.0. The first-order valence-electron chi connectivity index (χ1n) is 8.34. The van der Waals surface area contributed by atoms with Gasteiger partial charge in [0, 0.05) is 16.5 Å². The topological polar surface area (TPSA) is 15.6 Å². The highest BCUT2D eigenvalue weighted by molar-refractivity contribution is 6.36. The third kappa shape index (κ3) is 3.81. The van der Waals surface area contributed by atoms with Crippen molar-refractivity contribution in [2.45, 2.75) is 12.5 Å². The molecule has 0 aromatic heterocycles. The van der Waals surface area contributed by atoms with Crippen LogP contribution >= 0.6 is 34.8 Å². The summed E-state index contributed by atoms with van der Waals surface area (Å²) in [5.74, 6) is -0.272. The van der Waals surface area contributed by atoms with Crippen LogP contribution in [0, 0.1) is 5.82 Å². The highest BCUT2D eigenvalue weighted by atomic mass is 35.5. The molecule has 0 saturated heterocycles. The van der Waals surface area contributed by atoms with Gasteiger partial charge in [-0.25, -0.2) is 4.39 Å². The van der Waals surface area contributed by atoms with Crippen LogP contribution in [0.1, 0.15) is 23.6 Å². The molecule has 1 heterocycles. The second kappa shape index (κ2) is 7.51. The molecule has 1 aliphatic heterocycles. The van der Waals surface area contributed by atoms with Gasteiger partial charge < -0.3 is 0 Å². The lowest BCUT2D eigenvalue weighted by atomic mass is 9.98. The van der Waals surface area contributed by atoms with E-state index < -0.39 is 0 Å². The molecule has 0 N–H and O–H groups in total. The highest BCUT2D eigenvalue weighted by Gasteiger charge is 2.31. The second-order valence-electron chi connectivity index (χ2n) is 6.27. The fraction of sp³-hybridized carbons (Fsp3) is 0.0952. The summed E-state index contributed by atoms with van der Waals surface area (Å²) in [6.07, 6.45) is 0.659. The Balaban J connectivity index is 1.78. The van der Waals surface area contributed by atoms with Crippen molar-refractivity contribution in [3.63, 3.8) is 0 Å². The predicted octanol–water partition coefficient (Wildman–Crippen LogP) is 7.14. The van der Waals surface area contributed by atoms with E-state index in [1.165, 1.54) is 12.1 Å². The highest BCUT2D eigenvalue weighted by Crippen LogP contribution is 2.40. The summed E-state index contributed by atoms with van der Waals surface area (Å²) in [5, 5.41) is 8.43.